The number of hydrogen-bond donors (Lipinski definition) is 0. The molecule has 0 aromatic heterocycles. The lowest BCUT2D eigenvalue weighted by atomic mass is 9.90. The predicted molar refractivity (Wildman–Crippen MR) is 71.1 cm³/mol. The average molecular weight is 210 g/mol. The van der Waals surface area contributed by atoms with Gasteiger partial charge in [0.15, 0.2) is 0 Å². The SMILES string of the molecule is CCC/C(CC(C)C)=C(\C)CC(C)CC. The van der Waals surface area contributed by atoms with E-state index in [0.29, 0.717) is 0 Å². The van der Waals surface area contributed by atoms with Gasteiger partial charge in [-0.3, -0.25) is 0 Å². The van der Waals surface area contributed by atoms with Crippen LogP contribution in [0, 0.1) is 11.8 Å². The Morgan fingerprint density at radius 3 is 2.00 bits per heavy atom. The second kappa shape index (κ2) is 7.96. The predicted octanol–water partition coefficient (Wildman–Crippen LogP) is 5.59. The van der Waals surface area contributed by atoms with Gasteiger partial charge in [0, 0.05) is 0 Å². The summed E-state index contributed by atoms with van der Waals surface area (Å²) in [4.78, 5) is 0. The van der Waals surface area contributed by atoms with Crippen molar-refractivity contribution >= 4 is 0 Å². The van der Waals surface area contributed by atoms with Crippen molar-refractivity contribution in [2.75, 3.05) is 0 Å². The molecule has 0 aromatic rings. The molecule has 1 atom stereocenters. The quantitative estimate of drug-likeness (QED) is 0.481. The van der Waals surface area contributed by atoms with Crippen molar-refractivity contribution in [1.82, 2.24) is 0 Å². The van der Waals surface area contributed by atoms with E-state index in [1.807, 2.05) is 0 Å². The van der Waals surface area contributed by atoms with E-state index in [1.54, 1.807) is 11.1 Å². The molecule has 0 heterocycles. The minimum Gasteiger partial charge on any atom is -0.0738 e. The van der Waals surface area contributed by atoms with Gasteiger partial charge in [0.1, 0.15) is 0 Å². The topological polar surface area (TPSA) is 0 Å². The van der Waals surface area contributed by atoms with Gasteiger partial charge in [0.25, 0.3) is 0 Å². The van der Waals surface area contributed by atoms with Crippen LogP contribution in [0.15, 0.2) is 11.1 Å². The Morgan fingerprint density at radius 1 is 1.00 bits per heavy atom. The first-order valence-electron chi connectivity index (χ1n) is 6.68. The van der Waals surface area contributed by atoms with Crippen LogP contribution >= 0.6 is 0 Å². The Hall–Kier alpha value is -0.260. The first-order chi connectivity index (χ1) is 7.01. The van der Waals surface area contributed by atoms with E-state index < -0.39 is 0 Å². The molecule has 0 amide bonds. The first kappa shape index (κ1) is 14.7. The van der Waals surface area contributed by atoms with Crippen molar-refractivity contribution in [3.8, 4) is 0 Å². The standard InChI is InChI=1S/C15H30/c1-7-9-15(10-12(3)4)14(6)11-13(5)8-2/h12-13H,7-11H2,1-6H3/b15-14-. The van der Waals surface area contributed by atoms with E-state index in [2.05, 4.69) is 41.5 Å². The van der Waals surface area contributed by atoms with Crippen molar-refractivity contribution in [3.05, 3.63) is 11.1 Å². The summed E-state index contributed by atoms with van der Waals surface area (Å²) < 4.78 is 0. The smallest absolute Gasteiger partial charge is 0.0294 e. The zero-order chi connectivity index (χ0) is 11.8. The molecule has 0 rings (SSSR count). The van der Waals surface area contributed by atoms with Crippen molar-refractivity contribution in [2.45, 2.75) is 73.6 Å². The van der Waals surface area contributed by atoms with E-state index in [0.717, 1.165) is 11.8 Å². The molecule has 0 spiro atoms. The summed E-state index contributed by atoms with van der Waals surface area (Å²) in [6.45, 7) is 13.9. The maximum absolute atomic E-state index is 2.36. The fourth-order valence-corrected chi connectivity index (χ4v) is 2.10. The molecule has 90 valence electrons. The Morgan fingerprint density at radius 2 is 1.60 bits per heavy atom. The van der Waals surface area contributed by atoms with Gasteiger partial charge in [-0.25, -0.2) is 0 Å². The number of hydrogen-bond acceptors (Lipinski definition) is 0. The number of rotatable bonds is 7. The highest BCUT2D eigenvalue weighted by Crippen LogP contribution is 2.25. The summed E-state index contributed by atoms with van der Waals surface area (Å²) in [6, 6.07) is 0. The van der Waals surface area contributed by atoms with Crippen molar-refractivity contribution in [1.29, 1.82) is 0 Å². The molecule has 0 nitrogen and oxygen atoms in total. The van der Waals surface area contributed by atoms with Crippen LogP contribution in [0.2, 0.25) is 0 Å². The Kier molecular flexibility index (Phi) is 7.82. The van der Waals surface area contributed by atoms with E-state index >= 15 is 0 Å². The van der Waals surface area contributed by atoms with Gasteiger partial charge in [0.2, 0.25) is 0 Å². The lowest BCUT2D eigenvalue weighted by Gasteiger charge is -2.16. The normalized spacial score (nSPS) is 15.4. The summed E-state index contributed by atoms with van der Waals surface area (Å²) in [7, 11) is 0. The van der Waals surface area contributed by atoms with Gasteiger partial charge in [-0.05, 0) is 38.0 Å². The summed E-state index contributed by atoms with van der Waals surface area (Å²) in [5.41, 5.74) is 3.40. The Labute approximate surface area is 97.2 Å². The van der Waals surface area contributed by atoms with Crippen LogP contribution in [0.3, 0.4) is 0 Å². The molecule has 0 bridgehead atoms. The van der Waals surface area contributed by atoms with Crippen LogP contribution in [0.1, 0.15) is 73.6 Å². The van der Waals surface area contributed by atoms with E-state index in [-0.39, 0.29) is 0 Å². The molecular formula is C15H30. The molecule has 0 heteroatoms. The molecule has 0 fully saturated rings. The summed E-state index contributed by atoms with van der Waals surface area (Å²) in [6.07, 6.45) is 6.51. The molecular weight excluding hydrogens is 180 g/mol. The first-order valence-corrected chi connectivity index (χ1v) is 6.68. The third-order valence-electron chi connectivity index (χ3n) is 3.16. The lowest BCUT2D eigenvalue weighted by Crippen LogP contribution is -2.00. The fourth-order valence-electron chi connectivity index (χ4n) is 2.10. The summed E-state index contributed by atoms with van der Waals surface area (Å²) >= 11 is 0. The van der Waals surface area contributed by atoms with E-state index in [1.165, 1.54) is 32.1 Å². The molecule has 0 N–H and O–H groups in total. The van der Waals surface area contributed by atoms with Crippen molar-refractivity contribution < 1.29 is 0 Å². The maximum atomic E-state index is 2.36. The molecule has 0 aliphatic carbocycles. The van der Waals surface area contributed by atoms with Crippen LogP contribution in [0.5, 0.6) is 0 Å². The van der Waals surface area contributed by atoms with Gasteiger partial charge in [-0.15, -0.1) is 0 Å². The zero-order valence-electron chi connectivity index (χ0n) is 11.7. The third kappa shape index (κ3) is 6.76. The average Bonchev–Trinajstić information content (AvgIpc) is 2.16. The molecule has 0 saturated heterocycles. The lowest BCUT2D eigenvalue weighted by molar-refractivity contribution is 0.543. The Balaban J connectivity index is 4.44. The summed E-state index contributed by atoms with van der Waals surface area (Å²) in [5, 5.41) is 0. The van der Waals surface area contributed by atoms with Crippen LogP contribution in [-0.2, 0) is 0 Å². The molecule has 15 heavy (non-hydrogen) atoms. The van der Waals surface area contributed by atoms with Crippen LogP contribution < -0.4 is 0 Å². The van der Waals surface area contributed by atoms with Crippen LogP contribution in [-0.4, -0.2) is 0 Å². The van der Waals surface area contributed by atoms with Crippen molar-refractivity contribution in [3.63, 3.8) is 0 Å². The minimum absolute atomic E-state index is 0.804. The highest BCUT2D eigenvalue weighted by molar-refractivity contribution is 5.13. The highest BCUT2D eigenvalue weighted by Gasteiger charge is 2.07. The van der Waals surface area contributed by atoms with E-state index in [4.69, 9.17) is 0 Å². The minimum atomic E-state index is 0.804. The molecule has 0 radical (unpaired) electrons. The highest BCUT2D eigenvalue weighted by atomic mass is 14.1. The molecule has 1 unspecified atom stereocenters. The Bertz CT molecular complexity index is 186. The maximum Gasteiger partial charge on any atom is -0.0294 e. The van der Waals surface area contributed by atoms with Crippen LogP contribution in [0.4, 0.5) is 0 Å². The second-order valence-corrected chi connectivity index (χ2v) is 5.45. The molecule has 0 aliphatic heterocycles. The van der Waals surface area contributed by atoms with Gasteiger partial charge < -0.3 is 0 Å². The molecule has 0 saturated carbocycles. The summed E-state index contributed by atoms with van der Waals surface area (Å²) in [5.74, 6) is 1.66. The van der Waals surface area contributed by atoms with Crippen molar-refractivity contribution in [2.24, 2.45) is 11.8 Å². The van der Waals surface area contributed by atoms with Crippen LogP contribution in [0.25, 0.3) is 0 Å². The largest absolute Gasteiger partial charge is 0.0738 e. The zero-order valence-corrected chi connectivity index (χ0v) is 11.7. The van der Waals surface area contributed by atoms with Gasteiger partial charge in [-0.1, -0.05) is 58.6 Å². The third-order valence-corrected chi connectivity index (χ3v) is 3.16. The monoisotopic (exact) mass is 210 g/mol. The molecule has 0 aliphatic rings. The fraction of sp³-hybridized carbons (Fsp3) is 0.867. The van der Waals surface area contributed by atoms with Gasteiger partial charge in [-0.2, -0.15) is 0 Å². The molecule has 0 aromatic carbocycles. The van der Waals surface area contributed by atoms with Gasteiger partial charge in [0.05, 0.1) is 0 Å². The second-order valence-electron chi connectivity index (χ2n) is 5.45. The van der Waals surface area contributed by atoms with Gasteiger partial charge >= 0.3 is 0 Å². The number of allylic oxidation sites excluding steroid dienone is 2. The van der Waals surface area contributed by atoms with E-state index in [9.17, 15) is 0 Å².